The normalized spacial score (nSPS) is 18.0. The molecular formula is C34H36N8. The van der Waals surface area contributed by atoms with Crippen LogP contribution in [0.4, 0.5) is 5.82 Å². The molecule has 212 valence electrons. The first-order valence-corrected chi connectivity index (χ1v) is 15.0. The third-order valence-corrected chi connectivity index (χ3v) is 8.86. The van der Waals surface area contributed by atoms with Gasteiger partial charge in [-0.2, -0.15) is 5.10 Å². The van der Waals surface area contributed by atoms with Crippen LogP contribution in [0, 0.1) is 0 Å². The summed E-state index contributed by atoms with van der Waals surface area (Å²) in [5.41, 5.74) is 12.5. The molecule has 0 saturated heterocycles. The Kier molecular flexibility index (Phi) is 7.36. The molecule has 3 aromatic heterocycles. The average molecular weight is 557 g/mol. The topological polar surface area (TPSA) is 110 Å². The van der Waals surface area contributed by atoms with E-state index in [0.717, 1.165) is 29.6 Å². The van der Waals surface area contributed by atoms with E-state index >= 15 is 0 Å². The van der Waals surface area contributed by atoms with Crippen molar-refractivity contribution in [3.8, 4) is 0 Å². The fourth-order valence-electron chi connectivity index (χ4n) is 6.69. The fraction of sp³-hybridized carbons (Fsp3) is 0.294. The van der Waals surface area contributed by atoms with Crippen molar-refractivity contribution in [2.45, 2.75) is 56.5 Å². The molecule has 0 spiro atoms. The molecular weight excluding hydrogens is 520 g/mol. The molecule has 6 aromatic rings. The standard InChI is InChI=1S/C34H36N8/c35-32-19-31(33-34(38-32)40-41-39-33)30(17-18-36-28-15-13-24(14-16-28)23-7-2-1-3-8-23)27-20-37-42(22-27)21-26-11-6-10-25-9-4-5-12-29(25)26/h1-12,19-20,22,24,28,30,36H,13-18,21H2,(H3,35,38,39,40,41). The van der Waals surface area contributed by atoms with E-state index in [0.29, 0.717) is 30.0 Å². The van der Waals surface area contributed by atoms with E-state index in [1.165, 1.54) is 47.6 Å². The van der Waals surface area contributed by atoms with Crippen LogP contribution in [0.15, 0.2) is 91.3 Å². The summed E-state index contributed by atoms with van der Waals surface area (Å²) in [6.45, 7) is 1.59. The molecule has 8 nitrogen and oxygen atoms in total. The molecule has 1 saturated carbocycles. The molecule has 1 aliphatic carbocycles. The minimum atomic E-state index is 0.0531. The van der Waals surface area contributed by atoms with Crippen molar-refractivity contribution in [1.29, 1.82) is 0 Å². The number of rotatable bonds is 9. The van der Waals surface area contributed by atoms with Gasteiger partial charge in [0.2, 0.25) is 0 Å². The van der Waals surface area contributed by atoms with Crippen molar-refractivity contribution < 1.29 is 0 Å². The highest BCUT2D eigenvalue weighted by Crippen LogP contribution is 2.35. The molecule has 1 atom stereocenters. The number of nitrogens with zero attached hydrogens (tertiary/aromatic N) is 5. The Balaban J connectivity index is 1.09. The van der Waals surface area contributed by atoms with Crippen molar-refractivity contribution >= 4 is 27.8 Å². The molecule has 0 radical (unpaired) electrons. The molecule has 1 fully saturated rings. The van der Waals surface area contributed by atoms with E-state index < -0.39 is 0 Å². The smallest absolute Gasteiger partial charge is 0.178 e. The molecule has 1 unspecified atom stereocenters. The van der Waals surface area contributed by atoms with Crippen LogP contribution in [0.2, 0.25) is 0 Å². The monoisotopic (exact) mass is 556 g/mol. The summed E-state index contributed by atoms with van der Waals surface area (Å²) >= 11 is 0. The summed E-state index contributed by atoms with van der Waals surface area (Å²) in [5.74, 6) is 1.19. The second-order valence-corrected chi connectivity index (χ2v) is 11.5. The highest BCUT2D eigenvalue weighted by Gasteiger charge is 2.25. The van der Waals surface area contributed by atoms with Crippen LogP contribution in [0.25, 0.3) is 21.9 Å². The SMILES string of the molecule is Nc1cc(C(CCNC2CCC(c3ccccc3)CC2)c2cnn(Cc3cccc4ccccc34)c2)c2nn[nH]c2n1. The number of benzene rings is 3. The Morgan fingerprint density at radius 3 is 2.64 bits per heavy atom. The average Bonchev–Trinajstić information content (AvgIpc) is 3.70. The molecule has 1 aliphatic rings. The zero-order valence-corrected chi connectivity index (χ0v) is 23.7. The van der Waals surface area contributed by atoms with Gasteiger partial charge in [-0.15, -0.1) is 5.10 Å². The zero-order chi connectivity index (χ0) is 28.3. The van der Waals surface area contributed by atoms with Crippen molar-refractivity contribution in [3.63, 3.8) is 0 Å². The lowest BCUT2D eigenvalue weighted by Gasteiger charge is -2.30. The maximum atomic E-state index is 6.24. The van der Waals surface area contributed by atoms with Crippen molar-refractivity contribution in [2.24, 2.45) is 0 Å². The molecule has 7 rings (SSSR count). The number of nitrogens with one attached hydrogen (secondary N) is 2. The second-order valence-electron chi connectivity index (χ2n) is 11.5. The van der Waals surface area contributed by atoms with Gasteiger partial charge in [0.25, 0.3) is 0 Å². The van der Waals surface area contributed by atoms with Gasteiger partial charge < -0.3 is 11.1 Å². The molecule has 0 amide bonds. The van der Waals surface area contributed by atoms with E-state index in [1.807, 2.05) is 16.9 Å². The summed E-state index contributed by atoms with van der Waals surface area (Å²) in [4.78, 5) is 4.41. The van der Waals surface area contributed by atoms with E-state index in [1.54, 1.807) is 0 Å². The molecule has 42 heavy (non-hydrogen) atoms. The van der Waals surface area contributed by atoms with Crippen LogP contribution in [0.3, 0.4) is 0 Å². The minimum absolute atomic E-state index is 0.0531. The summed E-state index contributed by atoms with van der Waals surface area (Å²) in [5, 5.41) is 22.5. The maximum absolute atomic E-state index is 6.24. The lowest BCUT2D eigenvalue weighted by molar-refractivity contribution is 0.340. The lowest BCUT2D eigenvalue weighted by Crippen LogP contribution is -2.34. The Morgan fingerprint density at radius 2 is 1.76 bits per heavy atom. The molecule has 0 bridgehead atoms. The highest BCUT2D eigenvalue weighted by molar-refractivity contribution is 5.85. The number of hydrogen-bond acceptors (Lipinski definition) is 6. The Morgan fingerprint density at radius 1 is 0.952 bits per heavy atom. The van der Waals surface area contributed by atoms with Crippen molar-refractivity contribution in [1.82, 2.24) is 35.5 Å². The number of anilines is 1. The third-order valence-electron chi connectivity index (χ3n) is 8.86. The van der Waals surface area contributed by atoms with Crippen molar-refractivity contribution in [3.05, 3.63) is 114 Å². The van der Waals surface area contributed by atoms with Gasteiger partial charge in [0.15, 0.2) is 5.65 Å². The van der Waals surface area contributed by atoms with Crippen LogP contribution in [-0.4, -0.2) is 42.8 Å². The number of H-pyrrole nitrogens is 1. The van der Waals surface area contributed by atoms with Crippen LogP contribution in [0.1, 0.15) is 66.2 Å². The summed E-state index contributed by atoms with van der Waals surface area (Å²) in [6.07, 6.45) is 9.90. The number of nitrogens with two attached hydrogens (primary N) is 1. The first-order chi connectivity index (χ1) is 20.7. The highest BCUT2D eigenvalue weighted by atomic mass is 15.3. The molecule has 0 aliphatic heterocycles. The van der Waals surface area contributed by atoms with Gasteiger partial charge in [-0.05, 0) is 83.7 Å². The largest absolute Gasteiger partial charge is 0.384 e. The number of aromatic amines is 1. The molecule has 4 N–H and O–H groups in total. The second kappa shape index (κ2) is 11.7. The number of nitrogen functional groups attached to an aromatic ring is 1. The van der Waals surface area contributed by atoms with E-state index in [9.17, 15) is 0 Å². The van der Waals surface area contributed by atoms with Crippen LogP contribution >= 0.6 is 0 Å². The Labute approximate surface area is 245 Å². The quantitative estimate of drug-likeness (QED) is 0.196. The van der Waals surface area contributed by atoms with Gasteiger partial charge >= 0.3 is 0 Å². The minimum Gasteiger partial charge on any atom is -0.384 e. The van der Waals surface area contributed by atoms with Crippen LogP contribution in [-0.2, 0) is 6.54 Å². The maximum Gasteiger partial charge on any atom is 0.178 e. The fourth-order valence-corrected chi connectivity index (χ4v) is 6.69. The third kappa shape index (κ3) is 5.50. The van der Waals surface area contributed by atoms with Gasteiger partial charge in [0.1, 0.15) is 11.3 Å². The van der Waals surface area contributed by atoms with E-state index in [2.05, 4.69) is 105 Å². The molecule has 8 heteroatoms. The first kappa shape index (κ1) is 26.3. The van der Waals surface area contributed by atoms with E-state index in [-0.39, 0.29) is 5.92 Å². The van der Waals surface area contributed by atoms with Gasteiger partial charge in [-0.3, -0.25) is 4.68 Å². The number of aromatic nitrogens is 6. The van der Waals surface area contributed by atoms with Crippen molar-refractivity contribution in [2.75, 3.05) is 12.3 Å². The van der Waals surface area contributed by atoms with Gasteiger partial charge in [0, 0.05) is 18.2 Å². The number of fused-ring (bicyclic) bond motifs is 2. The van der Waals surface area contributed by atoms with Gasteiger partial charge in [0.05, 0.1) is 12.7 Å². The first-order valence-electron chi connectivity index (χ1n) is 15.0. The molecule has 3 aromatic carbocycles. The number of pyridine rings is 1. The number of hydrogen-bond donors (Lipinski definition) is 3. The zero-order valence-electron chi connectivity index (χ0n) is 23.7. The van der Waals surface area contributed by atoms with Crippen LogP contribution < -0.4 is 11.1 Å². The Hall–Kier alpha value is -4.56. The summed E-state index contributed by atoms with van der Waals surface area (Å²) in [7, 11) is 0. The lowest BCUT2D eigenvalue weighted by atomic mass is 9.81. The van der Waals surface area contributed by atoms with Gasteiger partial charge in [-0.1, -0.05) is 78.0 Å². The summed E-state index contributed by atoms with van der Waals surface area (Å²) < 4.78 is 2.03. The Bertz CT molecular complexity index is 1780. The molecule has 3 heterocycles. The summed E-state index contributed by atoms with van der Waals surface area (Å²) in [6, 6.07) is 28.4. The van der Waals surface area contributed by atoms with Crippen LogP contribution in [0.5, 0.6) is 0 Å². The predicted molar refractivity (Wildman–Crippen MR) is 167 cm³/mol. The van der Waals surface area contributed by atoms with E-state index in [4.69, 9.17) is 10.8 Å². The predicted octanol–water partition coefficient (Wildman–Crippen LogP) is 6.17. The van der Waals surface area contributed by atoms with Gasteiger partial charge in [-0.25, -0.2) is 10.1 Å².